The third kappa shape index (κ3) is 5.09. The Hall–Kier alpha value is -3.15. The number of carbonyl (C=O) groups is 1. The highest BCUT2D eigenvalue weighted by Gasteiger charge is 2.01. The Labute approximate surface area is 127 Å². The van der Waals surface area contributed by atoms with E-state index in [2.05, 4.69) is 10.2 Å². The van der Waals surface area contributed by atoms with Gasteiger partial charge in [-0.05, 0) is 29.3 Å². The summed E-state index contributed by atoms with van der Waals surface area (Å²) < 4.78 is 0. The second-order valence-corrected chi connectivity index (χ2v) is 4.43. The zero-order chi connectivity index (χ0) is 15.8. The van der Waals surface area contributed by atoms with Crippen LogP contribution in [0.3, 0.4) is 0 Å². The predicted molar refractivity (Wildman–Crippen MR) is 82.3 cm³/mol. The summed E-state index contributed by atoms with van der Waals surface area (Å²) in [4.78, 5) is 26.3. The molecule has 0 radical (unpaired) electrons. The fourth-order valence-electron chi connectivity index (χ4n) is 1.79. The van der Waals surface area contributed by atoms with E-state index >= 15 is 0 Å². The molecule has 0 aromatic heterocycles. The van der Waals surface area contributed by atoms with E-state index in [9.17, 15) is 14.9 Å². The number of amides is 1. The first-order valence-corrected chi connectivity index (χ1v) is 6.54. The maximum Gasteiger partial charge on any atom is 0.294 e. The number of carbonyl (C=O) groups excluding carboxylic acids is 1. The van der Waals surface area contributed by atoms with Crippen molar-refractivity contribution in [3.05, 3.63) is 81.9 Å². The quantitative estimate of drug-likeness (QED) is 0.505. The summed E-state index contributed by atoms with van der Waals surface area (Å²) in [7, 11) is 0. The molecule has 0 aliphatic heterocycles. The molecule has 2 aromatic rings. The Bertz CT molecular complexity index is 684. The fourth-order valence-corrected chi connectivity index (χ4v) is 1.79. The van der Waals surface area contributed by atoms with Gasteiger partial charge in [-0.2, -0.15) is 0 Å². The fraction of sp³-hybridized carbons (Fsp3) is 0.0625. The number of rotatable bonds is 6. The van der Waals surface area contributed by atoms with Gasteiger partial charge >= 0.3 is 0 Å². The van der Waals surface area contributed by atoms with Crippen LogP contribution in [0.25, 0.3) is 6.08 Å². The average molecular weight is 298 g/mol. The molecule has 6 heteroatoms. The standard InChI is InChI=1S/C16H14N2O4/c19-16(10-9-13-5-2-1-3-6-13)17-15-8-4-7-14(11-15)12-22-18(20)21/h1-11H,12H2,(H,17,19). The summed E-state index contributed by atoms with van der Waals surface area (Å²) in [5.41, 5.74) is 2.07. The highest BCUT2D eigenvalue weighted by molar-refractivity contribution is 6.01. The lowest BCUT2D eigenvalue weighted by Crippen LogP contribution is -2.08. The van der Waals surface area contributed by atoms with Gasteiger partial charge in [-0.15, -0.1) is 10.1 Å². The Morgan fingerprint density at radius 3 is 2.68 bits per heavy atom. The minimum Gasteiger partial charge on any atom is -0.323 e. The van der Waals surface area contributed by atoms with Gasteiger partial charge in [0.25, 0.3) is 5.09 Å². The first-order valence-electron chi connectivity index (χ1n) is 6.54. The molecule has 2 aromatic carbocycles. The lowest BCUT2D eigenvalue weighted by molar-refractivity contribution is -0.763. The van der Waals surface area contributed by atoms with Crippen LogP contribution in [-0.4, -0.2) is 11.0 Å². The van der Waals surface area contributed by atoms with Crippen LogP contribution >= 0.6 is 0 Å². The van der Waals surface area contributed by atoms with E-state index in [4.69, 9.17) is 0 Å². The molecular weight excluding hydrogens is 284 g/mol. The molecule has 112 valence electrons. The largest absolute Gasteiger partial charge is 0.323 e. The molecule has 0 unspecified atom stereocenters. The molecule has 0 spiro atoms. The van der Waals surface area contributed by atoms with Crippen LogP contribution in [-0.2, 0) is 16.2 Å². The summed E-state index contributed by atoms with van der Waals surface area (Å²) in [5.74, 6) is -0.281. The van der Waals surface area contributed by atoms with Crippen LogP contribution in [0, 0.1) is 10.1 Å². The second-order valence-electron chi connectivity index (χ2n) is 4.43. The predicted octanol–water partition coefficient (Wildman–Crippen LogP) is 3.05. The van der Waals surface area contributed by atoms with Gasteiger partial charge in [0.1, 0.15) is 6.61 Å². The molecule has 1 N–H and O–H groups in total. The molecule has 0 atom stereocenters. The van der Waals surface area contributed by atoms with Crippen molar-refractivity contribution >= 4 is 17.7 Å². The zero-order valence-electron chi connectivity index (χ0n) is 11.6. The molecule has 0 bridgehead atoms. The molecule has 0 aliphatic carbocycles. The average Bonchev–Trinajstić information content (AvgIpc) is 2.52. The van der Waals surface area contributed by atoms with E-state index in [0.29, 0.717) is 11.3 Å². The van der Waals surface area contributed by atoms with E-state index < -0.39 is 5.09 Å². The van der Waals surface area contributed by atoms with Crippen molar-refractivity contribution in [1.29, 1.82) is 0 Å². The summed E-state index contributed by atoms with van der Waals surface area (Å²) >= 11 is 0. The summed E-state index contributed by atoms with van der Waals surface area (Å²) in [6, 6.07) is 16.1. The van der Waals surface area contributed by atoms with Gasteiger partial charge in [-0.3, -0.25) is 4.79 Å². The summed E-state index contributed by atoms with van der Waals surface area (Å²) in [6.45, 7) is -0.156. The van der Waals surface area contributed by atoms with Gasteiger partial charge in [0.2, 0.25) is 5.91 Å². The highest BCUT2D eigenvalue weighted by atomic mass is 16.9. The molecule has 0 aliphatic rings. The normalized spacial score (nSPS) is 10.4. The molecule has 6 nitrogen and oxygen atoms in total. The SMILES string of the molecule is O=C(C=Cc1ccccc1)Nc1cccc(CO[N+](=O)[O-])c1. The van der Waals surface area contributed by atoms with Crippen molar-refractivity contribution in [3.63, 3.8) is 0 Å². The van der Waals surface area contributed by atoms with Crippen LogP contribution in [0.5, 0.6) is 0 Å². The third-order valence-corrected chi connectivity index (χ3v) is 2.76. The third-order valence-electron chi connectivity index (χ3n) is 2.76. The zero-order valence-corrected chi connectivity index (χ0v) is 11.6. The number of benzene rings is 2. The van der Waals surface area contributed by atoms with E-state index in [1.807, 2.05) is 30.3 Å². The van der Waals surface area contributed by atoms with E-state index in [-0.39, 0.29) is 12.5 Å². The molecular formula is C16H14N2O4. The van der Waals surface area contributed by atoms with Gasteiger partial charge in [0, 0.05) is 11.8 Å². The topological polar surface area (TPSA) is 81.5 Å². The van der Waals surface area contributed by atoms with Gasteiger partial charge < -0.3 is 10.2 Å². The molecule has 2 rings (SSSR count). The monoisotopic (exact) mass is 298 g/mol. The Morgan fingerprint density at radius 1 is 1.18 bits per heavy atom. The van der Waals surface area contributed by atoms with Crippen LogP contribution < -0.4 is 5.32 Å². The van der Waals surface area contributed by atoms with Gasteiger partial charge in [0.15, 0.2) is 0 Å². The molecule has 22 heavy (non-hydrogen) atoms. The molecule has 0 saturated heterocycles. The number of hydrogen-bond donors (Lipinski definition) is 1. The van der Waals surface area contributed by atoms with Crippen LogP contribution in [0.2, 0.25) is 0 Å². The molecule has 0 fully saturated rings. The van der Waals surface area contributed by atoms with Crippen LogP contribution in [0.15, 0.2) is 60.7 Å². The number of nitrogens with zero attached hydrogens (tertiary/aromatic N) is 1. The number of nitrogens with one attached hydrogen (secondary N) is 1. The maximum atomic E-state index is 11.8. The lowest BCUT2D eigenvalue weighted by Gasteiger charge is -2.05. The van der Waals surface area contributed by atoms with Gasteiger partial charge in [-0.1, -0.05) is 42.5 Å². The molecule has 0 heterocycles. The minimum atomic E-state index is -0.853. The highest BCUT2D eigenvalue weighted by Crippen LogP contribution is 2.12. The van der Waals surface area contributed by atoms with E-state index in [0.717, 1.165) is 5.56 Å². The van der Waals surface area contributed by atoms with Gasteiger partial charge in [-0.25, -0.2) is 0 Å². The summed E-state index contributed by atoms with van der Waals surface area (Å²) in [6.07, 6.45) is 3.13. The number of anilines is 1. The van der Waals surface area contributed by atoms with E-state index in [1.165, 1.54) is 6.08 Å². The second kappa shape index (κ2) is 7.58. The first kappa shape index (κ1) is 15.2. The Kier molecular flexibility index (Phi) is 5.25. The Morgan fingerprint density at radius 2 is 1.95 bits per heavy atom. The number of hydrogen-bond acceptors (Lipinski definition) is 4. The van der Waals surface area contributed by atoms with Crippen LogP contribution in [0.4, 0.5) is 5.69 Å². The van der Waals surface area contributed by atoms with Crippen molar-refractivity contribution in [3.8, 4) is 0 Å². The molecule has 0 saturated carbocycles. The summed E-state index contributed by atoms with van der Waals surface area (Å²) in [5, 5.41) is 12.0. The lowest BCUT2D eigenvalue weighted by atomic mass is 10.2. The smallest absolute Gasteiger partial charge is 0.294 e. The molecule has 1 amide bonds. The van der Waals surface area contributed by atoms with E-state index in [1.54, 1.807) is 30.3 Å². The minimum absolute atomic E-state index is 0.156. The van der Waals surface area contributed by atoms with Crippen molar-refractivity contribution in [2.24, 2.45) is 0 Å². The van der Waals surface area contributed by atoms with Crippen LogP contribution in [0.1, 0.15) is 11.1 Å². The van der Waals surface area contributed by atoms with Crippen molar-refractivity contribution < 1.29 is 14.7 Å². The maximum absolute atomic E-state index is 11.8. The van der Waals surface area contributed by atoms with Gasteiger partial charge in [0.05, 0.1) is 0 Å². The van der Waals surface area contributed by atoms with Crippen molar-refractivity contribution in [2.45, 2.75) is 6.61 Å². The van der Waals surface area contributed by atoms with Crippen molar-refractivity contribution in [2.75, 3.05) is 5.32 Å². The first-order chi connectivity index (χ1) is 10.6. The van der Waals surface area contributed by atoms with Crippen molar-refractivity contribution in [1.82, 2.24) is 0 Å². The Balaban J connectivity index is 1.95.